The second kappa shape index (κ2) is 7.65. The summed E-state index contributed by atoms with van der Waals surface area (Å²) in [6, 6.07) is 9.54. The van der Waals surface area contributed by atoms with Crippen LogP contribution in [0.25, 0.3) is 0 Å². The van der Waals surface area contributed by atoms with Crippen molar-refractivity contribution in [2.75, 3.05) is 13.7 Å². The van der Waals surface area contributed by atoms with Gasteiger partial charge in [-0.25, -0.2) is 0 Å². The molecule has 0 saturated carbocycles. The number of rotatable bonds is 5. The number of methoxy groups -OCH3 is 1. The molecule has 0 amide bonds. The summed E-state index contributed by atoms with van der Waals surface area (Å²) in [5.74, 6) is 1.36. The van der Waals surface area contributed by atoms with Gasteiger partial charge in [0.1, 0.15) is 0 Å². The van der Waals surface area contributed by atoms with E-state index in [2.05, 4.69) is 20.9 Å². The van der Waals surface area contributed by atoms with Gasteiger partial charge in [-0.3, -0.25) is 4.99 Å². The molecule has 22 heavy (non-hydrogen) atoms. The number of halogens is 2. The van der Waals surface area contributed by atoms with Crippen molar-refractivity contribution in [2.24, 2.45) is 4.99 Å². The molecule has 0 atom stereocenters. The van der Waals surface area contributed by atoms with Crippen LogP contribution in [-0.4, -0.2) is 19.9 Å². The maximum atomic E-state index is 6.11. The van der Waals surface area contributed by atoms with Crippen LogP contribution in [0.15, 0.2) is 39.8 Å². The number of hydrogen-bond acceptors (Lipinski definition) is 3. The minimum atomic E-state index is 0.574. The fourth-order valence-electron chi connectivity index (χ4n) is 1.91. The van der Waals surface area contributed by atoms with E-state index in [9.17, 15) is 0 Å². The lowest BCUT2D eigenvalue weighted by atomic mass is 10.2. The van der Waals surface area contributed by atoms with Crippen LogP contribution in [0.3, 0.4) is 0 Å². The minimum absolute atomic E-state index is 0.574. The first kappa shape index (κ1) is 16.8. The molecule has 0 aromatic heterocycles. The Kier molecular flexibility index (Phi) is 5.86. The molecule has 116 valence electrons. The van der Waals surface area contributed by atoms with Crippen molar-refractivity contribution >= 4 is 39.4 Å². The summed E-state index contributed by atoms with van der Waals surface area (Å²) in [5.41, 5.74) is 2.74. The molecule has 0 fully saturated rings. The Bertz CT molecular complexity index is 701. The predicted octanol–water partition coefficient (Wildman–Crippen LogP) is 5.57. The van der Waals surface area contributed by atoms with Gasteiger partial charge in [-0.05, 0) is 65.2 Å². The Balaban J connectivity index is 2.30. The maximum Gasteiger partial charge on any atom is 0.175 e. The van der Waals surface area contributed by atoms with Gasteiger partial charge in [-0.2, -0.15) is 0 Å². The average Bonchev–Trinajstić information content (AvgIpc) is 2.50. The van der Waals surface area contributed by atoms with E-state index >= 15 is 0 Å². The highest BCUT2D eigenvalue weighted by Crippen LogP contribution is 2.36. The van der Waals surface area contributed by atoms with Crippen molar-refractivity contribution in [1.82, 2.24) is 0 Å². The molecule has 0 bridgehead atoms. The standard InChI is InChI=1S/C17H17BrClNO2/c1-4-22-17-14(18)7-12(8-16(17)21-3)10-20-13-6-5-11(2)15(19)9-13/h5-10H,4H2,1-3H3. The van der Waals surface area contributed by atoms with Crippen LogP contribution >= 0.6 is 27.5 Å². The fourth-order valence-corrected chi connectivity index (χ4v) is 2.66. The van der Waals surface area contributed by atoms with Crippen molar-refractivity contribution in [3.63, 3.8) is 0 Å². The largest absolute Gasteiger partial charge is 0.493 e. The Morgan fingerprint density at radius 3 is 2.68 bits per heavy atom. The third-order valence-electron chi connectivity index (χ3n) is 3.06. The third-order valence-corrected chi connectivity index (χ3v) is 4.05. The molecule has 0 aliphatic heterocycles. The van der Waals surface area contributed by atoms with Gasteiger partial charge in [0, 0.05) is 11.2 Å². The SMILES string of the molecule is CCOc1c(Br)cc(C=Nc2ccc(C)c(Cl)c2)cc1OC. The van der Waals surface area contributed by atoms with E-state index in [1.165, 1.54) is 0 Å². The zero-order chi connectivity index (χ0) is 16.1. The zero-order valence-corrected chi connectivity index (χ0v) is 15.0. The molecule has 0 aliphatic rings. The third kappa shape index (κ3) is 4.02. The number of benzene rings is 2. The fraction of sp³-hybridized carbons (Fsp3) is 0.235. The molecule has 0 radical (unpaired) electrons. The average molecular weight is 383 g/mol. The van der Waals surface area contributed by atoms with Gasteiger partial charge >= 0.3 is 0 Å². The van der Waals surface area contributed by atoms with E-state index in [1.807, 2.05) is 44.2 Å². The van der Waals surface area contributed by atoms with E-state index in [0.717, 1.165) is 21.3 Å². The molecule has 2 aromatic carbocycles. The van der Waals surface area contributed by atoms with Gasteiger partial charge in [0.2, 0.25) is 0 Å². The Morgan fingerprint density at radius 2 is 2.05 bits per heavy atom. The van der Waals surface area contributed by atoms with Gasteiger partial charge in [-0.15, -0.1) is 0 Å². The predicted molar refractivity (Wildman–Crippen MR) is 95.3 cm³/mol. The lowest BCUT2D eigenvalue weighted by Gasteiger charge is -2.12. The van der Waals surface area contributed by atoms with E-state index in [0.29, 0.717) is 23.1 Å². The topological polar surface area (TPSA) is 30.8 Å². The first-order valence-corrected chi connectivity index (χ1v) is 8.02. The zero-order valence-electron chi connectivity index (χ0n) is 12.7. The van der Waals surface area contributed by atoms with Crippen LogP contribution in [0.5, 0.6) is 11.5 Å². The molecule has 0 heterocycles. The minimum Gasteiger partial charge on any atom is -0.493 e. The molecular formula is C17H17BrClNO2. The summed E-state index contributed by atoms with van der Waals surface area (Å²) in [4.78, 5) is 4.44. The van der Waals surface area contributed by atoms with E-state index in [4.69, 9.17) is 21.1 Å². The smallest absolute Gasteiger partial charge is 0.175 e. The van der Waals surface area contributed by atoms with Crippen molar-refractivity contribution in [2.45, 2.75) is 13.8 Å². The molecule has 2 aromatic rings. The first-order chi connectivity index (χ1) is 10.5. The normalized spacial score (nSPS) is 11.0. The Morgan fingerprint density at radius 1 is 1.27 bits per heavy atom. The summed E-state index contributed by atoms with van der Waals surface area (Å²) < 4.78 is 11.8. The van der Waals surface area contributed by atoms with E-state index < -0.39 is 0 Å². The molecule has 0 saturated heterocycles. The monoisotopic (exact) mass is 381 g/mol. The van der Waals surface area contributed by atoms with Crippen LogP contribution in [0.4, 0.5) is 5.69 Å². The lowest BCUT2D eigenvalue weighted by Crippen LogP contribution is -1.97. The van der Waals surface area contributed by atoms with E-state index in [-0.39, 0.29) is 0 Å². The first-order valence-electron chi connectivity index (χ1n) is 6.85. The van der Waals surface area contributed by atoms with Gasteiger partial charge in [0.05, 0.1) is 23.9 Å². The maximum absolute atomic E-state index is 6.11. The summed E-state index contributed by atoms with van der Waals surface area (Å²) in [6.45, 7) is 4.47. The number of nitrogens with zero attached hydrogens (tertiary/aromatic N) is 1. The molecule has 2 rings (SSSR count). The molecule has 0 N–H and O–H groups in total. The van der Waals surface area contributed by atoms with Crippen molar-refractivity contribution < 1.29 is 9.47 Å². The second-order valence-corrected chi connectivity index (χ2v) is 5.92. The van der Waals surface area contributed by atoms with E-state index in [1.54, 1.807) is 13.3 Å². The highest BCUT2D eigenvalue weighted by atomic mass is 79.9. The van der Waals surface area contributed by atoms with Crippen LogP contribution in [-0.2, 0) is 0 Å². The van der Waals surface area contributed by atoms with Crippen LogP contribution in [0.1, 0.15) is 18.1 Å². The highest BCUT2D eigenvalue weighted by molar-refractivity contribution is 9.10. The second-order valence-electron chi connectivity index (χ2n) is 4.66. The molecule has 5 heteroatoms. The number of ether oxygens (including phenoxy) is 2. The Hall–Kier alpha value is -1.52. The highest BCUT2D eigenvalue weighted by Gasteiger charge is 2.10. The quantitative estimate of drug-likeness (QED) is 0.633. The van der Waals surface area contributed by atoms with Gasteiger partial charge in [0.15, 0.2) is 11.5 Å². The van der Waals surface area contributed by atoms with Gasteiger partial charge in [0.25, 0.3) is 0 Å². The summed E-state index contributed by atoms with van der Waals surface area (Å²) in [7, 11) is 1.62. The molecule has 0 unspecified atom stereocenters. The lowest BCUT2D eigenvalue weighted by molar-refractivity contribution is 0.309. The molecular weight excluding hydrogens is 366 g/mol. The van der Waals surface area contributed by atoms with Crippen molar-refractivity contribution in [3.05, 3.63) is 51.0 Å². The van der Waals surface area contributed by atoms with Crippen LogP contribution < -0.4 is 9.47 Å². The van der Waals surface area contributed by atoms with Gasteiger partial charge in [-0.1, -0.05) is 17.7 Å². The van der Waals surface area contributed by atoms with Crippen molar-refractivity contribution in [3.8, 4) is 11.5 Å². The summed E-state index contributed by atoms with van der Waals surface area (Å²) >= 11 is 9.61. The van der Waals surface area contributed by atoms with Gasteiger partial charge < -0.3 is 9.47 Å². The number of aliphatic imine (C=N–C) groups is 1. The summed E-state index contributed by atoms with van der Waals surface area (Å²) in [5, 5.41) is 0.708. The molecule has 0 aliphatic carbocycles. The molecule has 3 nitrogen and oxygen atoms in total. The molecule has 0 spiro atoms. The summed E-state index contributed by atoms with van der Waals surface area (Å²) in [6.07, 6.45) is 1.77. The van der Waals surface area contributed by atoms with Crippen molar-refractivity contribution in [1.29, 1.82) is 0 Å². The number of hydrogen-bond donors (Lipinski definition) is 0. The Labute approximate surface area is 144 Å². The van der Waals surface area contributed by atoms with Crippen LogP contribution in [0.2, 0.25) is 5.02 Å². The van der Waals surface area contributed by atoms with Crippen LogP contribution in [0, 0.1) is 6.92 Å². The number of aryl methyl sites for hydroxylation is 1.